The lowest BCUT2D eigenvalue weighted by Crippen LogP contribution is -2.42. The average molecular weight is 349 g/mol. The molecule has 25 heavy (non-hydrogen) atoms. The molecule has 0 unspecified atom stereocenters. The maximum atomic E-state index is 12.8. The van der Waals surface area contributed by atoms with Crippen LogP contribution in [0.5, 0.6) is 0 Å². The number of esters is 1. The third-order valence-electron chi connectivity index (χ3n) is 4.54. The zero-order chi connectivity index (χ0) is 18.2. The molecule has 0 aliphatic heterocycles. The smallest absolute Gasteiger partial charge is 0.306 e. The van der Waals surface area contributed by atoms with Crippen molar-refractivity contribution in [3.8, 4) is 0 Å². The van der Waals surface area contributed by atoms with E-state index in [0.717, 1.165) is 19.3 Å². The van der Waals surface area contributed by atoms with Gasteiger partial charge >= 0.3 is 5.97 Å². The normalized spacial score (nSPS) is 19.9. The number of carbonyl (C=O) groups is 3. The number of benzene rings is 1. The summed E-state index contributed by atoms with van der Waals surface area (Å²) in [5, 5.41) is 2.90. The first kappa shape index (κ1) is 19.1. The van der Waals surface area contributed by atoms with Crippen molar-refractivity contribution in [3.63, 3.8) is 0 Å². The van der Waals surface area contributed by atoms with Crippen molar-refractivity contribution in [2.45, 2.75) is 51.5 Å². The molecule has 136 valence electrons. The molecule has 1 aromatic rings. The molecule has 0 radical (unpaired) electrons. The van der Waals surface area contributed by atoms with E-state index in [4.69, 9.17) is 4.74 Å². The second-order valence-corrected chi connectivity index (χ2v) is 6.53. The van der Waals surface area contributed by atoms with Gasteiger partial charge in [0.05, 0.1) is 6.42 Å². The molecular weight excluding hydrogens is 325 g/mol. The minimum Gasteiger partial charge on any atom is -0.456 e. The lowest BCUT2D eigenvalue weighted by Gasteiger charge is -2.29. The molecule has 1 aliphatic carbocycles. The Labute approximate surface area is 146 Å². The Bertz CT molecular complexity index is 614. The van der Waals surface area contributed by atoms with Crippen LogP contribution in [0.4, 0.5) is 4.39 Å². The van der Waals surface area contributed by atoms with Crippen LogP contribution in [0.1, 0.15) is 55.8 Å². The van der Waals surface area contributed by atoms with Crippen molar-refractivity contribution in [2.75, 3.05) is 6.61 Å². The number of ketones is 1. The third kappa shape index (κ3) is 6.29. The quantitative estimate of drug-likeness (QED) is 0.607. The van der Waals surface area contributed by atoms with Gasteiger partial charge in [-0.2, -0.15) is 0 Å². The zero-order valence-corrected chi connectivity index (χ0v) is 14.4. The van der Waals surface area contributed by atoms with Crippen LogP contribution < -0.4 is 5.32 Å². The molecule has 2 rings (SSSR count). The highest BCUT2D eigenvalue weighted by Gasteiger charge is 2.23. The van der Waals surface area contributed by atoms with Crippen LogP contribution in [0.3, 0.4) is 0 Å². The summed E-state index contributed by atoms with van der Waals surface area (Å²) >= 11 is 0. The third-order valence-corrected chi connectivity index (χ3v) is 4.54. The van der Waals surface area contributed by atoms with Gasteiger partial charge in [0.25, 0.3) is 5.91 Å². The van der Waals surface area contributed by atoms with Crippen molar-refractivity contribution < 1.29 is 23.5 Å². The van der Waals surface area contributed by atoms with Gasteiger partial charge in [-0.05, 0) is 43.0 Å². The van der Waals surface area contributed by atoms with E-state index in [1.807, 2.05) is 0 Å². The molecule has 6 heteroatoms. The summed E-state index contributed by atoms with van der Waals surface area (Å²) in [6.07, 6.45) is 4.18. The fraction of sp³-hybridized carbons (Fsp3) is 0.526. The number of hydrogen-bond donors (Lipinski definition) is 1. The minimum atomic E-state index is -0.595. The van der Waals surface area contributed by atoms with Crippen LogP contribution in [-0.2, 0) is 14.3 Å². The van der Waals surface area contributed by atoms with Crippen molar-refractivity contribution in [3.05, 3.63) is 35.6 Å². The molecule has 0 heterocycles. The number of hydrogen-bond acceptors (Lipinski definition) is 4. The number of nitrogens with one attached hydrogen (secondary N) is 1. The van der Waals surface area contributed by atoms with E-state index in [-0.39, 0.29) is 37.2 Å². The number of amides is 1. The number of ether oxygens (including phenoxy) is 1. The van der Waals surface area contributed by atoms with Gasteiger partial charge in [0.1, 0.15) is 5.82 Å². The number of Topliss-reactive ketones (excluding diaryl/α,β-unsaturated/α-hetero) is 1. The predicted molar refractivity (Wildman–Crippen MR) is 90.5 cm³/mol. The second-order valence-electron chi connectivity index (χ2n) is 6.53. The highest BCUT2D eigenvalue weighted by molar-refractivity contribution is 5.97. The monoisotopic (exact) mass is 349 g/mol. The summed E-state index contributed by atoms with van der Waals surface area (Å²) in [4.78, 5) is 35.4. The van der Waals surface area contributed by atoms with Crippen LogP contribution in [0, 0.1) is 11.7 Å². The average Bonchev–Trinajstić information content (AvgIpc) is 2.60. The molecule has 1 aliphatic rings. The van der Waals surface area contributed by atoms with E-state index in [9.17, 15) is 18.8 Å². The van der Waals surface area contributed by atoms with Crippen LogP contribution in [-0.4, -0.2) is 30.3 Å². The molecule has 0 bridgehead atoms. The van der Waals surface area contributed by atoms with Crippen molar-refractivity contribution >= 4 is 17.7 Å². The van der Waals surface area contributed by atoms with Crippen molar-refractivity contribution in [1.29, 1.82) is 0 Å². The Hall–Kier alpha value is -2.24. The van der Waals surface area contributed by atoms with Gasteiger partial charge in [0.15, 0.2) is 12.4 Å². The molecule has 1 saturated carbocycles. The fourth-order valence-corrected chi connectivity index (χ4v) is 2.99. The molecule has 2 atom stereocenters. The molecule has 1 N–H and O–H groups in total. The standard InChI is InChI=1S/C19H24FNO4/c1-13-4-2-3-5-16(13)21-18(23)12-25-19(24)11-10-17(22)14-6-8-15(20)9-7-14/h6-9,13,16H,2-5,10-12H2,1H3,(H,21,23)/t13-,16+/m0/s1. The fourth-order valence-electron chi connectivity index (χ4n) is 2.99. The second kappa shape index (κ2) is 9.30. The van der Waals surface area contributed by atoms with E-state index >= 15 is 0 Å². The van der Waals surface area contributed by atoms with E-state index in [2.05, 4.69) is 12.2 Å². The van der Waals surface area contributed by atoms with Crippen LogP contribution in [0.2, 0.25) is 0 Å². The molecule has 1 amide bonds. The molecule has 1 aromatic carbocycles. The summed E-state index contributed by atoms with van der Waals surface area (Å²) in [5.74, 6) is -1.16. The maximum Gasteiger partial charge on any atom is 0.306 e. The van der Waals surface area contributed by atoms with Crippen molar-refractivity contribution in [2.24, 2.45) is 5.92 Å². The molecule has 0 saturated heterocycles. The van der Waals surface area contributed by atoms with E-state index in [0.29, 0.717) is 11.5 Å². The Morgan fingerprint density at radius 2 is 1.80 bits per heavy atom. The number of halogens is 1. The maximum absolute atomic E-state index is 12.8. The summed E-state index contributed by atoms with van der Waals surface area (Å²) < 4.78 is 17.7. The topological polar surface area (TPSA) is 72.5 Å². The molecule has 1 fully saturated rings. The highest BCUT2D eigenvalue weighted by Crippen LogP contribution is 2.23. The van der Waals surface area contributed by atoms with Gasteiger partial charge in [-0.3, -0.25) is 14.4 Å². The Kier molecular flexibility index (Phi) is 7.10. The van der Waals surface area contributed by atoms with E-state index in [1.54, 1.807) is 0 Å². The van der Waals surface area contributed by atoms with Crippen LogP contribution in [0.15, 0.2) is 24.3 Å². The summed E-state index contributed by atoms with van der Waals surface area (Å²) in [5.41, 5.74) is 0.346. The van der Waals surface area contributed by atoms with Gasteiger partial charge in [-0.1, -0.05) is 19.8 Å². The van der Waals surface area contributed by atoms with Gasteiger partial charge in [-0.15, -0.1) is 0 Å². The largest absolute Gasteiger partial charge is 0.456 e. The lowest BCUT2D eigenvalue weighted by molar-refractivity contribution is -0.148. The Morgan fingerprint density at radius 3 is 2.48 bits per heavy atom. The summed E-state index contributed by atoms with van der Waals surface area (Å²) in [7, 11) is 0. The van der Waals surface area contributed by atoms with Gasteiger partial charge in [0, 0.05) is 18.0 Å². The van der Waals surface area contributed by atoms with Gasteiger partial charge in [-0.25, -0.2) is 4.39 Å². The number of rotatable bonds is 7. The molecule has 0 spiro atoms. The van der Waals surface area contributed by atoms with Crippen LogP contribution >= 0.6 is 0 Å². The Balaban J connectivity index is 1.67. The number of carbonyl (C=O) groups excluding carboxylic acids is 3. The predicted octanol–water partition coefficient (Wildman–Crippen LogP) is 3.03. The lowest BCUT2D eigenvalue weighted by atomic mass is 9.86. The first-order valence-corrected chi connectivity index (χ1v) is 8.69. The first-order valence-electron chi connectivity index (χ1n) is 8.69. The molecule has 5 nitrogen and oxygen atoms in total. The Morgan fingerprint density at radius 1 is 1.12 bits per heavy atom. The van der Waals surface area contributed by atoms with Crippen molar-refractivity contribution in [1.82, 2.24) is 5.32 Å². The van der Waals surface area contributed by atoms with Gasteiger partial charge < -0.3 is 10.1 Å². The van der Waals surface area contributed by atoms with E-state index in [1.165, 1.54) is 30.7 Å². The van der Waals surface area contributed by atoms with Gasteiger partial charge in [0.2, 0.25) is 0 Å². The molecule has 0 aromatic heterocycles. The highest BCUT2D eigenvalue weighted by atomic mass is 19.1. The summed E-state index contributed by atoms with van der Waals surface area (Å²) in [6.45, 7) is 1.78. The molecular formula is C19H24FNO4. The minimum absolute atomic E-state index is 0.0360. The van der Waals surface area contributed by atoms with Crippen LogP contribution in [0.25, 0.3) is 0 Å². The SMILES string of the molecule is C[C@H]1CCCC[C@H]1NC(=O)COC(=O)CCC(=O)c1ccc(F)cc1. The first-order chi connectivity index (χ1) is 12.0. The zero-order valence-electron chi connectivity index (χ0n) is 14.4. The van der Waals surface area contributed by atoms with E-state index < -0.39 is 11.8 Å². The summed E-state index contributed by atoms with van der Waals surface area (Å²) in [6, 6.07) is 5.29.